The number of carbonyl (C=O) groups is 1. The van der Waals surface area contributed by atoms with Crippen molar-refractivity contribution >= 4 is 5.97 Å². The van der Waals surface area contributed by atoms with E-state index in [0.717, 1.165) is 25.3 Å². The molecule has 12 heavy (non-hydrogen) atoms. The highest BCUT2D eigenvalue weighted by Gasteiger charge is 2.39. The molecular weight excluding hydrogens is 154 g/mol. The molecule has 2 fully saturated rings. The Bertz CT molecular complexity index is 193. The summed E-state index contributed by atoms with van der Waals surface area (Å²) >= 11 is 0. The van der Waals surface area contributed by atoms with E-state index in [9.17, 15) is 4.79 Å². The minimum Gasteiger partial charge on any atom is -0.468 e. The second-order valence-electron chi connectivity index (χ2n) is 3.63. The number of esters is 1. The summed E-state index contributed by atoms with van der Waals surface area (Å²) in [5, 5.41) is 3.22. The second-order valence-corrected chi connectivity index (χ2v) is 3.63. The van der Waals surface area contributed by atoms with E-state index in [0.29, 0.717) is 0 Å². The Labute approximate surface area is 72.5 Å². The summed E-state index contributed by atoms with van der Waals surface area (Å²) < 4.78 is 4.72. The summed E-state index contributed by atoms with van der Waals surface area (Å²) in [6.45, 7) is 0.975. The molecule has 2 atom stereocenters. The zero-order valence-corrected chi connectivity index (χ0v) is 7.30. The molecule has 0 spiro atoms. The highest BCUT2D eigenvalue weighted by atomic mass is 16.5. The van der Waals surface area contributed by atoms with Crippen molar-refractivity contribution in [2.75, 3.05) is 13.7 Å². The van der Waals surface area contributed by atoms with E-state index < -0.39 is 0 Å². The van der Waals surface area contributed by atoms with Gasteiger partial charge in [0, 0.05) is 5.92 Å². The van der Waals surface area contributed by atoms with Gasteiger partial charge in [-0.15, -0.1) is 0 Å². The highest BCUT2D eigenvalue weighted by Crippen LogP contribution is 2.38. The lowest BCUT2D eigenvalue weighted by molar-refractivity contribution is -0.143. The molecule has 1 aliphatic heterocycles. The lowest BCUT2D eigenvalue weighted by Crippen LogP contribution is -2.46. The summed E-state index contributed by atoms with van der Waals surface area (Å²) in [5.74, 6) is 2.00. The molecule has 3 heteroatoms. The van der Waals surface area contributed by atoms with Gasteiger partial charge in [-0.2, -0.15) is 0 Å². The molecule has 2 unspecified atom stereocenters. The number of rotatable bonds is 1. The smallest absolute Gasteiger partial charge is 0.323 e. The van der Waals surface area contributed by atoms with Gasteiger partial charge in [0.1, 0.15) is 6.04 Å². The van der Waals surface area contributed by atoms with Crippen molar-refractivity contribution in [2.24, 2.45) is 5.92 Å². The third-order valence-corrected chi connectivity index (χ3v) is 2.88. The summed E-state index contributed by atoms with van der Waals surface area (Å²) in [5.41, 5.74) is 0. The minimum atomic E-state index is -0.120. The summed E-state index contributed by atoms with van der Waals surface area (Å²) in [6.07, 6.45) is 3.49. The molecule has 0 aromatic rings. The molecule has 1 saturated carbocycles. The lowest BCUT2D eigenvalue weighted by Gasteiger charge is -2.27. The van der Waals surface area contributed by atoms with E-state index in [1.54, 1.807) is 0 Å². The van der Waals surface area contributed by atoms with Crippen molar-refractivity contribution in [2.45, 2.75) is 25.3 Å². The Morgan fingerprint density at radius 2 is 2.50 bits per heavy atom. The van der Waals surface area contributed by atoms with Crippen molar-refractivity contribution in [3.8, 4) is 0 Å². The third-order valence-electron chi connectivity index (χ3n) is 2.88. The van der Waals surface area contributed by atoms with E-state index in [-0.39, 0.29) is 12.0 Å². The van der Waals surface area contributed by atoms with Crippen molar-refractivity contribution < 1.29 is 9.53 Å². The lowest BCUT2D eigenvalue weighted by atomic mass is 9.93. The van der Waals surface area contributed by atoms with Crippen LogP contribution in [0.5, 0.6) is 0 Å². The Morgan fingerprint density at radius 3 is 3.25 bits per heavy atom. The van der Waals surface area contributed by atoms with E-state index in [1.807, 2.05) is 0 Å². The zero-order chi connectivity index (χ0) is 8.55. The first kappa shape index (κ1) is 8.05. The van der Waals surface area contributed by atoms with Gasteiger partial charge in [-0.3, -0.25) is 4.79 Å². The maximum Gasteiger partial charge on any atom is 0.323 e. The Hall–Kier alpha value is -0.570. The van der Waals surface area contributed by atoms with E-state index in [4.69, 9.17) is 4.74 Å². The topological polar surface area (TPSA) is 38.3 Å². The molecule has 2 rings (SSSR count). The van der Waals surface area contributed by atoms with Gasteiger partial charge in [0.15, 0.2) is 0 Å². The standard InChI is InChI=1S/C9H14NO2/c1-12-9(11)8-7-3-2-6(4-7)5-10-8/h6,8,10H,2-5H2,1H3. The Kier molecular flexibility index (Phi) is 2.05. The Morgan fingerprint density at radius 1 is 1.67 bits per heavy atom. The maximum atomic E-state index is 11.2. The van der Waals surface area contributed by atoms with Crippen molar-refractivity contribution in [1.82, 2.24) is 5.32 Å². The van der Waals surface area contributed by atoms with Crippen molar-refractivity contribution in [1.29, 1.82) is 0 Å². The summed E-state index contributed by atoms with van der Waals surface area (Å²) in [7, 11) is 1.45. The Balaban J connectivity index is 2.02. The van der Waals surface area contributed by atoms with Crippen LogP contribution < -0.4 is 5.32 Å². The van der Waals surface area contributed by atoms with Gasteiger partial charge in [-0.1, -0.05) is 0 Å². The third kappa shape index (κ3) is 1.22. The SMILES string of the molecule is COC(=O)C1NCC2CC[C]1C2. The van der Waals surface area contributed by atoms with Crippen LogP contribution in [-0.2, 0) is 9.53 Å². The molecule has 3 nitrogen and oxygen atoms in total. The number of carbonyl (C=O) groups excluding carboxylic acids is 1. The first-order valence-corrected chi connectivity index (χ1v) is 4.47. The fourth-order valence-electron chi connectivity index (χ4n) is 2.20. The summed E-state index contributed by atoms with van der Waals surface area (Å²) in [6, 6.07) is -0.103. The largest absolute Gasteiger partial charge is 0.468 e. The van der Waals surface area contributed by atoms with Crippen LogP contribution in [0.4, 0.5) is 0 Å². The molecule has 67 valence electrons. The molecule has 2 aliphatic rings. The maximum absolute atomic E-state index is 11.2. The van der Waals surface area contributed by atoms with Crippen molar-refractivity contribution in [3.63, 3.8) is 0 Å². The van der Waals surface area contributed by atoms with Gasteiger partial charge < -0.3 is 10.1 Å². The first-order chi connectivity index (χ1) is 5.81. The molecule has 2 bridgehead atoms. The molecule has 1 aliphatic carbocycles. The number of ether oxygens (including phenoxy) is 1. The van der Waals surface area contributed by atoms with Crippen LogP contribution in [0.2, 0.25) is 0 Å². The van der Waals surface area contributed by atoms with Crippen LogP contribution in [0.1, 0.15) is 19.3 Å². The second kappa shape index (κ2) is 3.05. The number of fused-ring (bicyclic) bond motifs is 2. The van der Waals surface area contributed by atoms with Crippen LogP contribution in [-0.4, -0.2) is 25.7 Å². The molecule has 1 saturated heterocycles. The van der Waals surface area contributed by atoms with Crippen LogP contribution in [0, 0.1) is 11.8 Å². The van der Waals surface area contributed by atoms with Crippen LogP contribution in [0.15, 0.2) is 0 Å². The van der Waals surface area contributed by atoms with E-state index >= 15 is 0 Å². The van der Waals surface area contributed by atoms with Gasteiger partial charge in [0.25, 0.3) is 0 Å². The molecule has 1 heterocycles. The minimum absolute atomic E-state index is 0.103. The predicted octanol–water partition coefficient (Wildman–Crippen LogP) is 0.506. The first-order valence-electron chi connectivity index (χ1n) is 4.47. The van der Waals surface area contributed by atoms with Crippen LogP contribution in [0.25, 0.3) is 0 Å². The number of hydrogen-bond donors (Lipinski definition) is 1. The fourth-order valence-corrected chi connectivity index (χ4v) is 2.20. The molecule has 0 aromatic carbocycles. The monoisotopic (exact) mass is 168 g/mol. The quantitative estimate of drug-likeness (QED) is 0.580. The van der Waals surface area contributed by atoms with E-state index in [2.05, 4.69) is 5.32 Å². The molecule has 0 amide bonds. The summed E-state index contributed by atoms with van der Waals surface area (Å²) in [4.78, 5) is 11.2. The van der Waals surface area contributed by atoms with Crippen LogP contribution in [0.3, 0.4) is 0 Å². The molecule has 1 radical (unpaired) electrons. The van der Waals surface area contributed by atoms with Gasteiger partial charge in [0.05, 0.1) is 7.11 Å². The van der Waals surface area contributed by atoms with Gasteiger partial charge in [-0.25, -0.2) is 0 Å². The van der Waals surface area contributed by atoms with Gasteiger partial charge in [-0.05, 0) is 31.7 Å². The van der Waals surface area contributed by atoms with Crippen LogP contribution >= 0.6 is 0 Å². The molecular formula is C9H14NO2. The average Bonchev–Trinajstić information content (AvgIpc) is 2.47. The van der Waals surface area contributed by atoms with Gasteiger partial charge in [0.2, 0.25) is 0 Å². The van der Waals surface area contributed by atoms with Gasteiger partial charge >= 0.3 is 5.97 Å². The average molecular weight is 168 g/mol. The predicted molar refractivity (Wildman–Crippen MR) is 44.4 cm³/mol. The number of hydrogen-bond acceptors (Lipinski definition) is 3. The zero-order valence-electron chi connectivity index (χ0n) is 7.30. The number of nitrogens with one attached hydrogen (secondary N) is 1. The molecule has 1 N–H and O–H groups in total. The van der Waals surface area contributed by atoms with Crippen molar-refractivity contribution in [3.05, 3.63) is 5.92 Å². The fraction of sp³-hybridized carbons (Fsp3) is 0.778. The molecule has 0 aromatic heterocycles. The number of methoxy groups -OCH3 is 1. The van der Waals surface area contributed by atoms with E-state index in [1.165, 1.54) is 19.4 Å². The highest BCUT2D eigenvalue weighted by molar-refractivity contribution is 5.78. The normalized spacial score (nSPS) is 35.1. The number of piperidine rings is 1.